The lowest BCUT2D eigenvalue weighted by Gasteiger charge is -2.13. The minimum absolute atomic E-state index is 0.489. The highest BCUT2D eigenvalue weighted by Crippen LogP contribution is 2.32. The van der Waals surface area contributed by atoms with E-state index >= 15 is 0 Å². The number of methoxy groups -OCH3 is 1. The number of aliphatic hydroxyl groups excluding tert-OH is 1. The number of benzene rings is 1. The van der Waals surface area contributed by atoms with Crippen molar-refractivity contribution in [3.05, 3.63) is 44.6 Å². The number of aliphatic hydroxyl groups is 1. The first-order valence-corrected chi connectivity index (χ1v) is 7.49. The van der Waals surface area contributed by atoms with Crippen LogP contribution in [0.4, 0.5) is 0 Å². The topological polar surface area (TPSA) is 38.7 Å². The molecule has 3 nitrogen and oxygen atoms in total. The predicted molar refractivity (Wildman–Crippen MR) is 80.0 cm³/mol. The zero-order valence-electron chi connectivity index (χ0n) is 10.7. The second-order valence-electron chi connectivity index (χ2n) is 4.07. The van der Waals surface area contributed by atoms with Crippen LogP contribution in [0.2, 0.25) is 0 Å². The molecule has 0 spiro atoms. The Morgan fingerprint density at radius 3 is 2.68 bits per heavy atom. The fourth-order valence-electron chi connectivity index (χ4n) is 1.63. The first-order chi connectivity index (χ1) is 9.11. The van der Waals surface area contributed by atoms with Crippen molar-refractivity contribution >= 4 is 27.3 Å². The van der Waals surface area contributed by atoms with Crippen LogP contribution in [0.15, 0.2) is 34.1 Å². The van der Waals surface area contributed by atoms with Crippen molar-refractivity contribution in [1.82, 2.24) is 0 Å². The summed E-state index contributed by atoms with van der Waals surface area (Å²) in [5.74, 6) is 1.30. The Kier molecular flexibility index (Phi) is 4.85. The van der Waals surface area contributed by atoms with Gasteiger partial charge in [0.1, 0.15) is 6.61 Å². The van der Waals surface area contributed by atoms with Crippen LogP contribution in [0, 0.1) is 0 Å². The van der Waals surface area contributed by atoms with E-state index in [1.54, 1.807) is 31.4 Å². The van der Waals surface area contributed by atoms with E-state index in [0.29, 0.717) is 18.1 Å². The van der Waals surface area contributed by atoms with Gasteiger partial charge in [-0.2, -0.15) is 0 Å². The van der Waals surface area contributed by atoms with Gasteiger partial charge in [0, 0.05) is 4.47 Å². The molecule has 0 saturated carbocycles. The summed E-state index contributed by atoms with van der Waals surface area (Å²) in [6.45, 7) is 2.21. The van der Waals surface area contributed by atoms with Crippen LogP contribution in [0.5, 0.6) is 11.5 Å². The minimum atomic E-state index is -0.519. The lowest BCUT2D eigenvalue weighted by Crippen LogP contribution is -1.98. The summed E-state index contributed by atoms with van der Waals surface area (Å²) >= 11 is 5.11. The van der Waals surface area contributed by atoms with Crippen molar-refractivity contribution in [3.8, 4) is 11.5 Å². The average molecular weight is 343 g/mol. The van der Waals surface area contributed by atoms with Crippen molar-refractivity contribution in [2.45, 2.75) is 19.6 Å². The van der Waals surface area contributed by atoms with Gasteiger partial charge in [-0.1, -0.05) is 6.07 Å². The third-order valence-corrected chi connectivity index (χ3v) is 4.62. The van der Waals surface area contributed by atoms with E-state index < -0.39 is 6.10 Å². The summed E-state index contributed by atoms with van der Waals surface area (Å²) in [5, 5.41) is 11.6. The van der Waals surface area contributed by atoms with Gasteiger partial charge in [0.15, 0.2) is 11.5 Å². The van der Waals surface area contributed by atoms with E-state index in [-0.39, 0.29) is 0 Å². The van der Waals surface area contributed by atoms with E-state index in [4.69, 9.17) is 9.47 Å². The molecule has 2 aromatic rings. The molecule has 0 aliphatic heterocycles. The Morgan fingerprint density at radius 2 is 2.11 bits per heavy atom. The summed E-state index contributed by atoms with van der Waals surface area (Å²) in [4.78, 5) is 1.13. The monoisotopic (exact) mass is 342 g/mol. The summed E-state index contributed by atoms with van der Waals surface area (Å²) in [6.07, 6.45) is -0.519. The van der Waals surface area contributed by atoms with Gasteiger partial charge >= 0.3 is 0 Å². The lowest BCUT2D eigenvalue weighted by molar-refractivity contribution is 0.198. The quantitative estimate of drug-likeness (QED) is 0.886. The lowest BCUT2D eigenvalue weighted by atomic mass is 10.1. The smallest absolute Gasteiger partial charge is 0.161 e. The van der Waals surface area contributed by atoms with Crippen LogP contribution in [-0.4, -0.2) is 12.2 Å². The third kappa shape index (κ3) is 3.49. The van der Waals surface area contributed by atoms with Crippen molar-refractivity contribution in [3.63, 3.8) is 0 Å². The average Bonchev–Trinajstić information content (AvgIpc) is 2.81. The molecule has 1 heterocycles. The van der Waals surface area contributed by atoms with Gasteiger partial charge < -0.3 is 14.6 Å². The molecule has 102 valence electrons. The molecule has 0 aliphatic rings. The van der Waals surface area contributed by atoms with Gasteiger partial charge in [-0.05, 0) is 52.0 Å². The van der Waals surface area contributed by atoms with Crippen LogP contribution in [0.25, 0.3) is 0 Å². The van der Waals surface area contributed by atoms with Crippen LogP contribution in [0.1, 0.15) is 23.5 Å². The molecule has 1 atom stereocenters. The van der Waals surface area contributed by atoms with Gasteiger partial charge in [-0.25, -0.2) is 0 Å². The van der Waals surface area contributed by atoms with E-state index in [0.717, 1.165) is 14.9 Å². The Hall–Kier alpha value is -1.04. The molecular weight excluding hydrogens is 328 g/mol. The Balaban J connectivity index is 2.14. The molecule has 1 aromatic carbocycles. The molecule has 0 radical (unpaired) electrons. The zero-order chi connectivity index (χ0) is 13.8. The van der Waals surface area contributed by atoms with Crippen molar-refractivity contribution in [2.75, 3.05) is 7.11 Å². The summed E-state index contributed by atoms with van der Waals surface area (Å²) in [5.41, 5.74) is 0.807. The second-order valence-corrected chi connectivity index (χ2v) is 5.92. The molecular formula is C14H15BrO3S. The SMILES string of the molecule is COc1cc([C@H](C)O)ccc1OCc1sccc1Br. The molecule has 0 amide bonds. The summed E-state index contributed by atoms with van der Waals surface area (Å²) in [6, 6.07) is 7.45. The first kappa shape index (κ1) is 14.4. The van der Waals surface area contributed by atoms with Crippen LogP contribution in [0.3, 0.4) is 0 Å². The number of ether oxygens (including phenoxy) is 2. The van der Waals surface area contributed by atoms with E-state index in [2.05, 4.69) is 15.9 Å². The summed E-state index contributed by atoms with van der Waals surface area (Å²) < 4.78 is 12.1. The normalized spacial score (nSPS) is 12.2. The highest BCUT2D eigenvalue weighted by Gasteiger charge is 2.10. The molecule has 0 unspecified atom stereocenters. The van der Waals surface area contributed by atoms with Crippen molar-refractivity contribution < 1.29 is 14.6 Å². The van der Waals surface area contributed by atoms with Gasteiger partial charge in [-0.15, -0.1) is 11.3 Å². The molecule has 0 saturated heterocycles. The Labute approximate surface area is 124 Å². The number of hydrogen-bond acceptors (Lipinski definition) is 4. The molecule has 1 aromatic heterocycles. The molecule has 0 aliphatic carbocycles. The third-order valence-electron chi connectivity index (χ3n) is 2.72. The van der Waals surface area contributed by atoms with Gasteiger partial charge in [0.05, 0.1) is 18.1 Å². The maximum Gasteiger partial charge on any atom is 0.161 e. The van der Waals surface area contributed by atoms with Crippen LogP contribution >= 0.6 is 27.3 Å². The second kappa shape index (κ2) is 6.41. The van der Waals surface area contributed by atoms with Crippen molar-refractivity contribution in [2.24, 2.45) is 0 Å². The standard InChI is InChI=1S/C14H15BrO3S/c1-9(16)10-3-4-12(13(7-10)17-2)18-8-14-11(15)5-6-19-14/h3-7,9,16H,8H2,1-2H3/t9-/m0/s1. The Bertz CT molecular complexity index is 551. The van der Waals surface area contributed by atoms with E-state index in [1.165, 1.54) is 0 Å². The predicted octanol–water partition coefficient (Wildman–Crippen LogP) is 4.15. The molecule has 5 heteroatoms. The minimum Gasteiger partial charge on any atom is -0.493 e. The fourth-order valence-corrected chi connectivity index (χ4v) is 3.01. The number of thiophene rings is 1. The molecule has 19 heavy (non-hydrogen) atoms. The largest absolute Gasteiger partial charge is 0.493 e. The molecule has 0 bridgehead atoms. The number of hydrogen-bond donors (Lipinski definition) is 1. The zero-order valence-corrected chi connectivity index (χ0v) is 13.1. The molecule has 0 fully saturated rings. The van der Waals surface area contributed by atoms with Crippen LogP contribution in [-0.2, 0) is 6.61 Å². The number of rotatable bonds is 5. The van der Waals surface area contributed by atoms with Crippen LogP contribution < -0.4 is 9.47 Å². The van der Waals surface area contributed by atoms with Gasteiger partial charge in [0.2, 0.25) is 0 Å². The summed E-state index contributed by atoms with van der Waals surface area (Å²) in [7, 11) is 1.59. The first-order valence-electron chi connectivity index (χ1n) is 5.82. The fraction of sp³-hybridized carbons (Fsp3) is 0.286. The maximum atomic E-state index is 9.55. The van der Waals surface area contributed by atoms with Gasteiger partial charge in [0.25, 0.3) is 0 Å². The Morgan fingerprint density at radius 1 is 1.32 bits per heavy atom. The maximum absolute atomic E-state index is 9.55. The highest BCUT2D eigenvalue weighted by molar-refractivity contribution is 9.10. The molecule has 2 rings (SSSR count). The number of halogens is 1. The van der Waals surface area contributed by atoms with Gasteiger partial charge in [-0.3, -0.25) is 0 Å². The molecule has 1 N–H and O–H groups in total. The van der Waals surface area contributed by atoms with E-state index in [9.17, 15) is 5.11 Å². The van der Waals surface area contributed by atoms with E-state index in [1.807, 2.05) is 23.6 Å². The van der Waals surface area contributed by atoms with Crippen molar-refractivity contribution in [1.29, 1.82) is 0 Å². The highest BCUT2D eigenvalue weighted by atomic mass is 79.9.